The molecule has 4 nitrogen and oxygen atoms in total. The van der Waals surface area contributed by atoms with Gasteiger partial charge in [0.25, 0.3) is 5.91 Å². The first kappa shape index (κ1) is 15.4. The van der Waals surface area contributed by atoms with Crippen molar-refractivity contribution in [2.24, 2.45) is 5.41 Å². The van der Waals surface area contributed by atoms with Crippen molar-refractivity contribution < 1.29 is 19.1 Å². The number of benzene rings is 1. The number of carboxylic acids is 1. The molecule has 2 aromatic rings. The van der Waals surface area contributed by atoms with E-state index in [1.54, 1.807) is 26.8 Å². The number of aryl methyl sites for hydroxylation is 1. The molecule has 0 aliphatic carbocycles. The number of carbonyl (C=O) groups excluding carboxylic acids is 1. The Balaban J connectivity index is 2.24. The van der Waals surface area contributed by atoms with Crippen molar-refractivity contribution in [2.75, 3.05) is 6.54 Å². The van der Waals surface area contributed by atoms with Crippen LogP contribution >= 0.6 is 11.3 Å². The molecule has 112 valence electrons. The number of aliphatic carboxylic acids is 1. The van der Waals surface area contributed by atoms with E-state index in [-0.39, 0.29) is 18.3 Å². The first-order valence-corrected chi connectivity index (χ1v) is 7.24. The molecule has 0 atom stereocenters. The van der Waals surface area contributed by atoms with Gasteiger partial charge in [0.2, 0.25) is 0 Å². The van der Waals surface area contributed by atoms with Crippen molar-refractivity contribution in [3.05, 3.63) is 34.5 Å². The standard InChI is InChI=1S/C15H16FNO3S/c1-8-10-5-4-9(16)6-11(10)21-12(8)13(18)17-7-15(2,3)14(19)20/h4-6H,7H2,1-3H3,(H,17,18)(H,19,20). The zero-order valence-electron chi connectivity index (χ0n) is 12.0. The molecule has 0 bridgehead atoms. The van der Waals surface area contributed by atoms with Crippen molar-refractivity contribution in [3.8, 4) is 0 Å². The molecule has 1 amide bonds. The summed E-state index contributed by atoms with van der Waals surface area (Å²) in [4.78, 5) is 23.7. The molecule has 0 aliphatic rings. The second kappa shape index (κ2) is 5.44. The number of halogens is 1. The van der Waals surface area contributed by atoms with E-state index in [0.717, 1.165) is 10.9 Å². The Morgan fingerprint density at radius 3 is 2.67 bits per heavy atom. The number of amides is 1. The summed E-state index contributed by atoms with van der Waals surface area (Å²) in [6.45, 7) is 4.92. The molecule has 6 heteroatoms. The van der Waals surface area contributed by atoms with Crippen LogP contribution in [0.5, 0.6) is 0 Å². The van der Waals surface area contributed by atoms with Crippen molar-refractivity contribution in [1.82, 2.24) is 5.32 Å². The Morgan fingerprint density at radius 2 is 2.05 bits per heavy atom. The normalized spacial score (nSPS) is 11.6. The molecule has 1 aromatic carbocycles. The summed E-state index contributed by atoms with van der Waals surface area (Å²) in [6, 6.07) is 4.40. The van der Waals surface area contributed by atoms with Gasteiger partial charge >= 0.3 is 5.97 Å². The number of hydrogen-bond donors (Lipinski definition) is 2. The summed E-state index contributed by atoms with van der Waals surface area (Å²) in [5.74, 6) is -1.65. The first-order valence-electron chi connectivity index (χ1n) is 6.42. The lowest BCUT2D eigenvalue weighted by Gasteiger charge is -2.19. The smallest absolute Gasteiger partial charge is 0.310 e. The number of hydrogen-bond acceptors (Lipinski definition) is 3. The SMILES string of the molecule is Cc1c(C(=O)NCC(C)(C)C(=O)O)sc2cc(F)ccc12. The summed E-state index contributed by atoms with van der Waals surface area (Å²) in [5, 5.41) is 12.5. The lowest BCUT2D eigenvalue weighted by Crippen LogP contribution is -2.38. The first-order chi connectivity index (χ1) is 9.72. The maximum Gasteiger partial charge on any atom is 0.310 e. The van der Waals surface area contributed by atoms with Gasteiger partial charge in [-0.3, -0.25) is 9.59 Å². The van der Waals surface area contributed by atoms with Gasteiger partial charge in [0.1, 0.15) is 5.82 Å². The van der Waals surface area contributed by atoms with Gasteiger partial charge < -0.3 is 10.4 Å². The Bertz CT molecular complexity index is 721. The molecule has 2 rings (SSSR count). The third kappa shape index (κ3) is 3.05. The molecule has 0 saturated carbocycles. The number of thiophene rings is 1. The van der Waals surface area contributed by atoms with Gasteiger partial charge in [0.05, 0.1) is 10.3 Å². The number of carboxylic acid groups (broad SMARTS) is 1. The fourth-order valence-electron chi connectivity index (χ4n) is 1.87. The number of rotatable bonds is 4. The average Bonchev–Trinajstić information content (AvgIpc) is 2.72. The summed E-state index contributed by atoms with van der Waals surface area (Å²) < 4.78 is 13.9. The van der Waals surface area contributed by atoms with E-state index in [4.69, 9.17) is 5.11 Å². The van der Waals surface area contributed by atoms with Crippen molar-refractivity contribution in [2.45, 2.75) is 20.8 Å². The van der Waals surface area contributed by atoms with Gasteiger partial charge in [0, 0.05) is 11.2 Å². The van der Waals surface area contributed by atoms with E-state index in [1.807, 2.05) is 0 Å². The van der Waals surface area contributed by atoms with Gasteiger partial charge in [-0.2, -0.15) is 0 Å². The van der Waals surface area contributed by atoms with Crippen LogP contribution in [-0.4, -0.2) is 23.5 Å². The van der Waals surface area contributed by atoms with E-state index >= 15 is 0 Å². The second-order valence-electron chi connectivity index (χ2n) is 5.57. The average molecular weight is 309 g/mol. The molecule has 0 aliphatic heterocycles. The highest BCUT2D eigenvalue weighted by Gasteiger charge is 2.28. The van der Waals surface area contributed by atoms with Gasteiger partial charge in [-0.05, 0) is 43.9 Å². The monoisotopic (exact) mass is 309 g/mol. The van der Waals surface area contributed by atoms with Crippen molar-refractivity contribution in [3.63, 3.8) is 0 Å². The van der Waals surface area contributed by atoms with E-state index in [1.165, 1.54) is 23.5 Å². The third-order valence-electron chi connectivity index (χ3n) is 3.38. The van der Waals surface area contributed by atoms with E-state index in [2.05, 4.69) is 5.32 Å². The van der Waals surface area contributed by atoms with Crippen LogP contribution in [0, 0.1) is 18.2 Å². The Kier molecular flexibility index (Phi) is 4.00. The lowest BCUT2D eigenvalue weighted by atomic mass is 9.94. The van der Waals surface area contributed by atoms with E-state index in [0.29, 0.717) is 9.58 Å². The summed E-state index contributed by atoms with van der Waals surface area (Å²) in [5.41, 5.74) is -0.257. The summed E-state index contributed by atoms with van der Waals surface area (Å²) in [7, 11) is 0. The summed E-state index contributed by atoms with van der Waals surface area (Å²) in [6.07, 6.45) is 0. The molecule has 2 N–H and O–H groups in total. The van der Waals surface area contributed by atoms with Crippen LogP contribution < -0.4 is 5.32 Å². The molecule has 0 spiro atoms. The minimum atomic E-state index is -1.04. The van der Waals surface area contributed by atoms with Crippen LogP contribution in [0.4, 0.5) is 4.39 Å². The predicted molar refractivity (Wildman–Crippen MR) is 80.3 cm³/mol. The Labute approximate surface area is 125 Å². The van der Waals surface area contributed by atoms with Crippen LogP contribution in [0.25, 0.3) is 10.1 Å². The highest BCUT2D eigenvalue weighted by atomic mass is 32.1. The molecule has 0 unspecified atom stereocenters. The third-order valence-corrected chi connectivity index (χ3v) is 4.63. The fourth-order valence-corrected chi connectivity index (χ4v) is 3.02. The fraction of sp³-hybridized carbons (Fsp3) is 0.333. The minimum absolute atomic E-state index is 0.0310. The van der Waals surface area contributed by atoms with Gasteiger partial charge in [0.15, 0.2) is 0 Å². The van der Waals surface area contributed by atoms with Crippen molar-refractivity contribution >= 4 is 33.3 Å². The molecule has 1 heterocycles. The Morgan fingerprint density at radius 1 is 1.38 bits per heavy atom. The lowest BCUT2D eigenvalue weighted by molar-refractivity contribution is -0.146. The molecular weight excluding hydrogens is 293 g/mol. The molecule has 0 radical (unpaired) electrons. The Hall–Kier alpha value is -1.95. The topological polar surface area (TPSA) is 66.4 Å². The number of fused-ring (bicyclic) bond motifs is 1. The number of nitrogens with one attached hydrogen (secondary N) is 1. The maximum atomic E-state index is 13.2. The number of carbonyl (C=O) groups is 2. The molecule has 1 aromatic heterocycles. The largest absolute Gasteiger partial charge is 0.481 e. The van der Waals surface area contributed by atoms with E-state index in [9.17, 15) is 14.0 Å². The highest BCUT2D eigenvalue weighted by molar-refractivity contribution is 7.21. The molecule has 0 fully saturated rings. The second-order valence-corrected chi connectivity index (χ2v) is 6.62. The molecule has 0 saturated heterocycles. The predicted octanol–water partition coefficient (Wildman–Crippen LogP) is 3.19. The van der Waals surface area contributed by atoms with Crippen LogP contribution in [0.15, 0.2) is 18.2 Å². The van der Waals surface area contributed by atoms with E-state index < -0.39 is 11.4 Å². The zero-order valence-corrected chi connectivity index (χ0v) is 12.8. The summed E-state index contributed by atoms with van der Waals surface area (Å²) >= 11 is 1.21. The highest BCUT2D eigenvalue weighted by Crippen LogP contribution is 2.31. The van der Waals surface area contributed by atoms with Crippen LogP contribution in [0.1, 0.15) is 29.1 Å². The van der Waals surface area contributed by atoms with Gasteiger partial charge in [-0.15, -0.1) is 11.3 Å². The van der Waals surface area contributed by atoms with Crippen LogP contribution in [0.3, 0.4) is 0 Å². The van der Waals surface area contributed by atoms with Crippen molar-refractivity contribution in [1.29, 1.82) is 0 Å². The van der Waals surface area contributed by atoms with Gasteiger partial charge in [-0.1, -0.05) is 6.07 Å². The molecular formula is C15H16FNO3S. The molecule has 21 heavy (non-hydrogen) atoms. The van der Waals surface area contributed by atoms with Crippen LogP contribution in [0.2, 0.25) is 0 Å². The minimum Gasteiger partial charge on any atom is -0.481 e. The van der Waals surface area contributed by atoms with Crippen LogP contribution in [-0.2, 0) is 4.79 Å². The maximum absolute atomic E-state index is 13.2. The quantitative estimate of drug-likeness (QED) is 0.911. The van der Waals surface area contributed by atoms with Gasteiger partial charge in [-0.25, -0.2) is 4.39 Å². The zero-order chi connectivity index (χ0) is 15.8.